The Morgan fingerprint density at radius 3 is 2.85 bits per heavy atom. The van der Waals surface area contributed by atoms with Crippen LogP contribution in [0.3, 0.4) is 0 Å². The molecule has 66 valence electrons. The molecule has 0 spiro atoms. The molecule has 4 nitrogen and oxygen atoms in total. The molecular formula is C7H3FN2O2S. The molecule has 0 radical (unpaired) electrons. The van der Waals surface area contributed by atoms with Crippen LogP contribution in [0.2, 0.25) is 0 Å². The van der Waals surface area contributed by atoms with E-state index in [2.05, 4.69) is 0 Å². The molecule has 0 amide bonds. The maximum Gasteiger partial charge on any atom is 0.286 e. The quantitative estimate of drug-likeness (QED) is 0.316. The summed E-state index contributed by atoms with van der Waals surface area (Å²) in [5, 5.41) is 20.3. The zero-order valence-corrected chi connectivity index (χ0v) is 7.05. The second-order valence-electron chi connectivity index (χ2n) is 2.06. The van der Waals surface area contributed by atoms with Gasteiger partial charge in [-0.2, -0.15) is 5.26 Å². The molecule has 0 aliphatic rings. The highest BCUT2D eigenvalue weighted by atomic mass is 32.2. The van der Waals surface area contributed by atoms with E-state index in [4.69, 9.17) is 5.26 Å². The monoisotopic (exact) mass is 198 g/mol. The van der Waals surface area contributed by atoms with Gasteiger partial charge in [-0.05, 0) is 23.9 Å². The molecular weight excluding hydrogens is 195 g/mol. The topological polar surface area (TPSA) is 66.9 Å². The highest BCUT2D eigenvalue weighted by Crippen LogP contribution is 2.28. The average molecular weight is 198 g/mol. The van der Waals surface area contributed by atoms with Crippen molar-refractivity contribution < 1.29 is 9.31 Å². The van der Waals surface area contributed by atoms with Gasteiger partial charge in [0.2, 0.25) is 0 Å². The molecule has 1 rings (SSSR count). The van der Waals surface area contributed by atoms with Crippen LogP contribution >= 0.6 is 11.8 Å². The van der Waals surface area contributed by atoms with Crippen molar-refractivity contribution in [2.45, 2.75) is 4.90 Å². The van der Waals surface area contributed by atoms with Gasteiger partial charge in [0.15, 0.2) is 0 Å². The Bertz CT molecular complexity index is 389. The van der Waals surface area contributed by atoms with Crippen molar-refractivity contribution in [1.29, 1.82) is 5.26 Å². The molecule has 0 saturated carbocycles. The summed E-state index contributed by atoms with van der Waals surface area (Å²) in [6, 6.07) is 3.08. The normalized spacial score (nSPS) is 9.23. The first-order valence-corrected chi connectivity index (χ1v) is 3.96. The SMILES string of the molecule is N#CSc1ccc(F)cc1[N+](=O)[O-]. The Morgan fingerprint density at radius 2 is 2.31 bits per heavy atom. The van der Waals surface area contributed by atoms with Gasteiger partial charge in [-0.15, -0.1) is 0 Å². The molecule has 1 aromatic rings. The number of nitro groups is 1. The molecule has 0 bridgehead atoms. The summed E-state index contributed by atoms with van der Waals surface area (Å²) in [7, 11) is 0. The van der Waals surface area contributed by atoms with Crippen LogP contribution in [0.25, 0.3) is 0 Å². The minimum atomic E-state index is -0.719. The number of thiocyanates is 1. The van der Waals surface area contributed by atoms with E-state index < -0.39 is 10.7 Å². The van der Waals surface area contributed by atoms with Crippen LogP contribution in [-0.2, 0) is 0 Å². The van der Waals surface area contributed by atoms with Crippen molar-refractivity contribution in [2.75, 3.05) is 0 Å². The number of benzene rings is 1. The lowest BCUT2D eigenvalue weighted by Gasteiger charge is -1.96. The third-order valence-electron chi connectivity index (χ3n) is 1.27. The highest BCUT2D eigenvalue weighted by Gasteiger charge is 2.14. The summed E-state index contributed by atoms with van der Waals surface area (Å²) in [6.45, 7) is 0. The third-order valence-corrected chi connectivity index (χ3v) is 1.93. The fourth-order valence-corrected chi connectivity index (χ4v) is 1.24. The molecule has 0 saturated heterocycles. The molecule has 1 aromatic carbocycles. The summed E-state index contributed by atoms with van der Waals surface area (Å²) in [4.78, 5) is 9.79. The third kappa shape index (κ3) is 2.16. The molecule has 0 unspecified atom stereocenters. The summed E-state index contributed by atoms with van der Waals surface area (Å²) >= 11 is 0.636. The number of hydrogen-bond donors (Lipinski definition) is 0. The predicted octanol–water partition coefficient (Wildman–Crippen LogP) is 2.31. The van der Waals surface area contributed by atoms with Crippen LogP contribution in [0.15, 0.2) is 23.1 Å². The van der Waals surface area contributed by atoms with Crippen LogP contribution in [0.4, 0.5) is 10.1 Å². The van der Waals surface area contributed by atoms with Crippen molar-refractivity contribution in [3.05, 3.63) is 34.1 Å². The lowest BCUT2D eigenvalue weighted by molar-refractivity contribution is -0.387. The van der Waals surface area contributed by atoms with E-state index >= 15 is 0 Å². The zero-order chi connectivity index (χ0) is 9.84. The smallest absolute Gasteiger partial charge is 0.258 e. The second-order valence-corrected chi connectivity index (χ2v) is 2.89. The van der Waals surface area contributed by atoms with Crippen LogP contribution in [0.1, 0.15) is 0 Å². The van der Waals surface area contributed by atoms with E-state index in [0.29, 0.717) is 11.8 Å². The molecule has 0 atom stereocenters. The second kappa shape index (κ2) is 3.87. The Labute approximate surface area is 77.1 Å². The Balaban J connectivity index is 3.20. The van der Waals surface area contributed by atoms with E-state index in [9.17, 15) is 14.5 Å². The number of thioether (sulfide) groups is 1. The maximum absolute atomic E-state index is 12.6. The van der Waals surface area contributed by atoms with Gasteiger partial charge in [0.05, 0.1) is 11.0 Å². The van der Waals surface area contributed by atoms with Gasteiger partial charge in [-0.3, -0.25) is 10.1 Å². The van der Waals surface area contributed by atoms with Crippen molar-refractivity contribution in [1.82, 2.24) is 0 Å². The van der Waals surface area contributed by atoms with E-state index in [0.717, 1.165) is 12.1 Å². The van der Waals surface area contributed by atoms with E-state index in [1.54, 1.807) is 5.40 Å². The van der Waals surface area contributed by atoms with E-state index in [-0.39, 0.29) is 10.6 Å². The number of nitriles is 1. The number of rotatable bonds is 2. The number of nitro benzene ring substituents is 1. The van der Waals surface area contributed by atoms with Gasteiger partial charge in [0.1, 0.15) is 16.1 Å². The molecule has 13 heavy (non-hydrogen) atoms. The fraction of sp³-hybridized carbons (Fsp3) is 0. The molecule has 6 heteroatoms. The van der Waals surface area contributed by atoms with E-state index in [1.807, 2.05) is 0 Å². The molecule has 0 aromatic heterocycles. The summed E-state index contributed by atoms with van der Waals surface area (Å²) in [6.07, 6.45) is 0. The Morgan fingerprint density at radius 1 is 1.62 bits per heavy atom. The van der Waals surface area contributed by atoms with E-state index in [1.165, 1.54) is 6.07 Å². The molecule has 0 heterocycles. The largest absolute Gasteiger partial charge is 0.286 e. The molecule has 0 N–H and O–H groups in total. The number of hydrogen-bond acceptors (Lipinski definition) is 4. The van der Waals surface area contributed by atoms with Gasteiger partial charge in [-0.1, -0.05) is 0 Å². The molecule has 0 aliphatic heterocycles. The van der Waals surface area contributed by atoms with Gasteiger partial charge in [0.25, 0.3) is 5.69 Å². The molecule has 0 aliphatic carbocycles. The zero-order valence-electron chi connectivity index (χ0n) is 6.23. The van der Waals surface area contributed by atoms with Crippen LogP contribution < -0.4 is 0 Å². The molecule has 0 fully saturated rings. The first-order chi connectivity index (χ1) is 6.15. The maximum atomic E-state index is 12.6. The van der Waals surface area contributed by atoms with Crippen molar-refractivity contribution in [3.63, 3.8) is 0 Å². The van der Waals surface area contributed by atoms with Crippen LogP contribution in [-0.4, -0.2) is 4.92 Å². The first-order valence-electron chi connectivity index (χ1n) is 3.15. The first kappa shape index (κ1) is 9.48. The summed E-state index contributed by atoms with van der Waals surface area (Å²) in [5.74, 6) is -0.686. The minimum absolute atomic E-state index is 0.147. The predicted molar refractivity (Wildman–Crippen MR) is 44.5 cm³/mol. The highest BCUT2D eigenvalue weighted by molar-refractivity contribution is 8.03. The standard InChI is InChI=1S/C7H3FN2O2S/c8-5-1-2-7(13-4-9)6(3-5)10(11)12/h1-3H. The fourth-order valence-electron chi connectivity index (χ4n) is 0.769. The Kier molecular flexibility index (Phi) is 2.82. The van der Waals surface area contributed by atoms with Gasteiger partial charge in [-0.25, -0.2) is 4.39 Å². The van der Waals surface area contributed by atoms with Gasteiger partial charge < -0.3 is 0 Å². The van der Waals surface area contributed by atoms with Gasteiger partial charge >= 0.3 is 0 Å². The number of nitrogens with zero attached hydrogens (tertiary/aromatic N) is 2. The summed E-state index contributed by atoms with van der Waals surface area (Å²) in [5.41, 5.74) is -0.383. The minimum Gasteiger partial charge on any atom is -0.258 e. The van der Waals surface area contributed by atoms with Gasteiger partial charge in [0, 0.05) is 0 Å². The summed E-state index contributed by atoms with van der Waals surface area (Å²) < 4.78 is 12.6. The van der Waals surface area contributed by atoms with Crippen molar-refractivity contribution in [2.24, 2.45) is 0 Å². The number of halogens is 1. The average Bonchev–Trinajstić information content (AvgIpc) is 2.08. The van der Waals surface area contributed by atoms with Crippen LogP contribution in [0, 0.1) is 26.6 Å². The lowest BCUT2D eigenvalue weighted by Crippen LogP contribution is -1.91. The van der Waals surface area contributed by atoms with Crippen molar-refractivity contribution >= 4 is 17.4 Å². The van der Waals surface area contributed by atoms with Crippen molar-refractivity contribution in [3.8, 4) is 5.40 Å². The van der Waals surface area contributed by atoms with Crippen LogP contribution in [0.5, 0.6) is 0 Å². The lowest BCUT2D eigenvalue weighted by atomic mass is 10.3. The Hall–Kier alpha value is -1.61.